The Kier molecular flexibility index (Phi) is 5.55. The number of nitrogens with one attached hydrogen (secondary N) is 2. The Morgan fingerprint density at radius 3 is 3.00 bits per heavy atom. The Morgan fingerprint density at radius 2 is 2.20 bits per heavy atom. The second-order valence-electron chi connectivity index (χ2n) is 7.01. The number of alkyl carbamates (subject to hydrolysis) is 1. The van der Waals surface area contributed by atoms with Crippen molar-refractivity contribution in [3.05, 3.63) is 54.1 Å². The SMILES string of the molecule is Cc1cc(Nc2nccc(C(F)F)n2)cc(-c2cnn(CC3CCNC(=O)O3)c2)c1. The van der Waals surface area contributed by atoms with Gasteiger partial charge in [-0.2, -0.15) is 5.10 Å². The summed E-state index contributed by atoms with van der Waals surface area (Å²) in [6.45, 7) is 2.99. The molecule has 0 spiro atoms. The maximum atomic E-state index is 12.9. The molecule has 30 heavy (non-hydrogen) atoms. The van der Waals surface area contributed by atoms with Gasteiger partial charge in [0.25, 0.3) is 6.43 Å². The highest BCUT2D eigenvalue weighted by Crippen LogP contribution is 2.26. The largest absolute Gasteiger partial charge is 0.444 e. The lowest BCUT2D eigenvalue weighted by Crippen LogP contribution is -2.39. The van der Waals surface area contributed by atoms with Crippen molar-refractivity contribution in [2.24, 2.45) is 0 Å². The molecule has 0 radical (unpaired) electrons. The molecule has 2 aromatic heterocycles. The first-order valence-electron chi connectivity index (χ1n) is 9.43. The maximum absolute atomic E-state index is 12.9. The van der Waals surface area contributed by atoms with Crippen LogP contribution in [0.4, 0.5) is 25.2 Å². The molecular weight excluding hydrogens is 394 g/mol. The number of cyclic esters (lactones) is 1. The number of nitrogens with zero attached hydrogens (tertiary/aromatic N) is 4. The van der Waals surface area contributed by atoms with Gasteiger partial charge in [-0.25, -0.2) is 23.5 Å². The minimum atomic E-state index is -2.66. The molecule has 3 heterocycles. The number of aromatic nitrogens is 4. The van der Waals surface area contributed by atoms with Crippen LogP contribution in [0.15, 0.2) is 42.9 Å². The molecule has 1 aromatic carbocycles. The van der Waals surface area contributed by atoms with Crippen LogP contribution in [-0.4, -0.2) is 38.5 Å². The molecule has 3 aromatic rings. The van der Waals surface area contributed by atoms with Gasteiger partial charge in [0.2, 0.25) is 5.95 Å². The monoisotopic (exact) mass is 414 g/mol. The number of carbonyl (C=O) groups excluding carboxylic acids is 1. The van der Waals surface area contributed by atoms with E-state index in [4.69, 9.17) is 4.74 Å². The van der Waals surface area contributed by atoms with Crippen molar-refractivity contribution in [2.75, 3.05) is 11.9 Å². The van der Waals surface area contributed by atoms with Crippen LogP contribution in [0, 0.1) is 6.92 Å². The first-order valence-corrected chi connectivity index (χ1v) is 9.43. The summed E-state index contributed by atoms with van der Waals surface area (Å²) in [4.78, 5) is 19.2. The molecule has 156 valence electrons. The highest BCUT2D eigenvalue weighted by molar-refractivity contribution is 5.70. The fraction of sp³-hybridized carbons (Fsp3) is 0.300. The number of rotatable bonds is 6. The van der Waals surface area contributed by atoms with E-state index in [1.165, 1.54) is 12.3 Å². The molecule has 4 rings (SSSR count). The molecule has 1 fully saturated rings. The van der Waals surface area contributed by atoms with Crippen molar-refractivity contribution in [1.82, 2.24) is 25.1 Å². The van der Waals surface area contributed by atoms with E-state index in [9.17, 15) is 13.6 Å². The minimum absolute atomic E-state index is 0.104. The third-order valence-electron chi connectivity index (χ3n) is 4.60. The van der Waals surface area contributed by atoms with Gasteiger partial charge >= 0.3 is 6.09 Å². The summed E-state index contributed by atoms with van der Waals surface area (Å²) in [5, 5.41) is 9.96. The van der Waals surface area contributed by atoms with Gasteiger partial charge in [-0.05, 0) is 36.2 Å². The van der Waals surface area contributed by atoms with E-state index in [0.717, 1.165) is 23.1 Å². The second-order valence-corrected chi connectivity index (χ2v) is 7.01. The molecule has 10 heteroatoms. The number of halogens is 2. The zero-order chi connectivity index (χ0) is 21.1. The fourth-order valence-electron chi connectivity index (χ4n) is 3.24. The Morgan fingerprint density at radius 1 is 1.33 bits per heavy atom. The van der Waals surface area contributed by atoms with Gasteiger partial charge in [0.1, 0.15) is 11.8 Å². The normalized spacial score (nSPS) is 16.3. The molecule has 0 saturated carbocycles. The summed E-state index contributed by atoms with van der Waals surface area (Å²) < 4.78 is 32.7. The summed E-state index contributed by atoms with van der Waals surface area (Å²) in [5.74, 6) is 0.104. The molecule has 2 N–H and O–H groups in total. The quantitative estimate of drug-likeness (QED) is 0.637. The van der Waals surface area contributed by atoms with Crippen LogP contribution in [0.2, 0.25) is 0 Å². The molecule has 8 nitrogen and oxygen atoms in total. The average Bonchev–Trinajstić information content (AvgIpc) is 3.16. The van der Waals surface area contributed by atoms with Crippen molar-refractivity contribution in [3.63, 3.8) is 0 Å². The first-order chi connectivity index (χ1) is 14.5. The molecule has 1 amide bonds. The fourth-order valence-corrected chi connectivity index (χ4v) is 3.24. The highest BCUT2D eigenvalue weighted by atomic mass is 19.3. The third-order valence-corrected chi connectivity index (χ3v) is 4.60. The van der Waals surface area contributed by atoms with Gasteiger partial charge in [-0.1, -0.05) is 6.07 Å². The van der Waals surface area contributed by atoms with Crippen LogP contribution in [0.1, 0.15) is 24.1 Å². The lowest BCUT2D eigenvalue weighted by atomic mass is 10.1. The number of alkyl halides is 2. The lowest BCUT2D eigenvalue weighted by Gasteiger charge is -2.22. The molecule has 1 atom stereocenters. The molecule has 1 aliphatic rings. The third kappa shape index (κ3) is 4.70. The summed E-state index contributed by atoms with van der Waals surface area (Å²) in [5.41, 5.74) is 3.09. The van der Waals surface area contributed by atoms with E-state index < -0.39 is 12.5 Å². The van der Waals surface area contributed by atoms with Crippen molar-refractivity contribution in [2.45, 2.75) is 32.4 Å². The zero-order valence-corrected chi connectivity index (χ0v) is 16.2. The predicted octanol–water partition coefficient (Wildman–Crippen LogP) is 3.83. The van der Waals surface area contributed by atoms with Gasteiger partial charge in [0, 0.05) is 36.6 Å². The van der Waals surface area contributed by atoms with Crippen LogP contribution in [0.5, 0.6) is 0 Å². The van der Waals surface area contributed by atoms with Gasteiger partial charge in [0.15, 0.2) is 0 Å². The van der Waals surface area contributed by atoms with Crippen LogP contribution in [-0.2, 0) is 11.3 Å². The standard InChI is InChI=1S/C20H20F2N6O2/c1-12-6-13(8-15(7-12)26-19-23-5-3-17(27-19)18(21)22)14-9-25-28(10-14)11-16-2-4-24-20(29)30-16/h3,5-10,16,18H,2,4,11H2,1H3,(H,24,29)(H,23,26,27). The van der Waals surface area contributed by atoms with E-state index in [-0.39, 0.29) is 17.7 Å². The van der Waals surface area contributed by atoms with Crippen molar-refractivity contribution < 1.29 is 18.3 Å². The Hall–Kier alpha value is -3.56. The summed E-state index contributed by atoms with van der Waals surface area (Å²) in [6, 6.07) is 6.93. The number of hydrogen-bond donors (Lipinski definition) is 2. The smallest absolute Gasteiger partial charge is 0.407 e. The lowest BCUT2D eigenvalue weighted by molar-refractivity contribution is 0.0623. The topological polar surface area (TPSA) is 94.0 Å². The summed E-state index contributed by atoms with van der Waals surface area (Å²) >= 11 is 0. The van der Waals surface area contributed by atoms with Crippen LogP contribution < -0.4 is 10.6 Å². The van der Waals surface area contributed by atoms with Crippen LogP contribution >= 0.6 is 0 Å². The molecule has 1 aliphatic heterocycles. The number of carbonyl (C=O) groups is 1. The molecule has 0 aliphatic carbocycles. The first kappa shape index (κ1) is 19.7. The molecule has 1 saturated heterocycles. The Bertz CT molecular complexity index is 1060. The van der Waals surface area contributed by atoms with Gasteiger partial charge in [-0.3, -0.25) is 4.68 Å². The minimum Gasteiger partial charge on any atom is -0.444 e. The Labute approximate surface area is 171 Å². The zero-order valence-electron chi connectivity index (χ0n) is 16.2. The van der Waals surface area contributed by atoms with Gasteiger partial charge in [0.05, 0.1) is 12.7 Å². The summed E-state index contributed by atoms with van der Waals surface area (Å²) in [6.07, 6.45) is 2.33. The van der Waals surface area contributed by atoms with Crippen molar-refractivity contribution >= 4 is 17.7 Å². The number of ether oxygens (including phenoxy) is 1. The number of aryl methyl sites for hydroxylation is 1. The predicted molar refractivity (Wildman–Crippen MR) is 106 cm³/mol. The van der Waals surface area contributed by atoms with E-state index >= 15 is 0 Å². The molecule has 0 bridgehead atoms. The molecular formula is C20H20F2N6O2. The van der Waals surface area contributed by atoms with E-state index in [1.807, 2.05) is 31.3 Å². The highest BCUT2D eigenvalue weighted by Gasteiger charge is 2.20. The van der Waals surface area contributed by atoms with E-state index in [0.29, 0.717) is 18.8 Å². The molecule has 1 unspecified atom stereocenters. The van der Waals surface area contributed by atoms with Gasteiger partial charge in [-0.15, -0.1) is 0 Å². The number of anilines is 2. The van der Waals surface area contributed by atoms with Crippen molar-refractivity contribution in [3.8, 4) is 11.1 Å². The average molecular weight is 414 g/mol. The number of hydrogen-bond acceptors (Lipinski definition) is 6. The Balaban J connectivity index is 1.51. The van der Waals surface area contributed by atoms with E-state index in [1.54, 1.807) is 10.9 Å². The maximum Gasteiger partial charge on any atom is 0.407 e. The van der Waals surface area contributed by atoms with Crippen LogP contribution in [0.25, 0.3) is 11.1 Å². The van der Waals surface area contributed by atoms with Crippen LogP contribution in [0.3, 0.4) is 0 Å². The van der Waals surface area contributed by atoms with Crippen molar-refractivity contribution in [1.29, 1.82) is 0 Å². The summed E-state index contributed by atoms with van der Waals surface area (Å²) in [7, 11) is 0. The number of amides is 1. The van der Waals surface area contributed by atoms with E-state index in [2.05, 4.69) is 25.7 Å². The number of benzene rings is 1. The van der Waals surface area contributed by atoms with Gasteiger partial charge < -0.3 is 15.4 Å². The second kappa shape index (κ2) is 8.44.